The van der Waals surface area contributed by atoms with Crippen LogP contribution in [0.5, 0.6) is 0 Å². The summed E-state index contributed by atoms with van der Waals surface area (Å²) in [5, 5.41) is 5.75. The molecule has 1 amide bonds. The summed E-state index contributed by atoms with van der Waals surface area (Å²) in [7, 11) is 0. The average molecular weight is 268 g/mol. The number of benzene rings is 1. The normalized spacial score (nSPS) is 12.7. The van der Waals surface area contributed by atoms with E-state index in [4.69, 9.17) is 4.74 Å². The summed E-state index contributed by atoms with van der Waals surface area (Å²) in [4.78, 5) is 11.4. The number of amides is 1. The summed E-state index contributed by atoms with van der Waals surface area (Å²) < 4.78 is 18.1. The third-order valence-electron chi connectivity index (χ3n) is 2.19. The summed E-state index contributed by atoms with van der Waals surface area (Å²) in [6.45, 7) is 7.71. The van der Waals surface area contributed by atoms with Gasteiger partial charge in [-0.05, 0) is 45.9 Å². The molecular formula is C14H21FN2O2. The number of halogens is 1. The van der Waals surface area contributed by atoms with Crippen molar-refractivity contribution in [3.63, 3.8) is 0 Å². The molecule has 0 bridgehead atoms. The highest BCUT2D eigenvalue weighted by atomic mass is 19.1. The first-order chi connectivity index (χ1) is 8.76. The van der Waals surface area contributed by atoms with Gasteiger partial charge in [0, 0.05) is 18.3 Å². The molecule has 1 unspecified atom stereocenters. The molecule has 0 aromatic heterocycles. The van der Waals surface area contributed by atoms with E-state index >= 15 is 0 Å². The Morgan fingerprint density at radius 1 is 1.42 bits per heavy atom. The Labute approximate surface area is 113 Å². The molecule has 0 saturated carbocycles. The molecule has 19 heavy (non-hydrogen) atoms. The molecule has 4 nitrogen and oxygen atoms in total. The van der Waals surface area contributed by atoms with Gasteiger partial charge in [-0.1, -0.05) is 6.07 Å². The molecule has 1 aromatic carbocycles. The monoisotopic (exact) mass is 268 g/mol. The van der Waals surface area contributed by atoms with Crippen LogP contribution in [-0.4, -0.2) is 24.3 Å². The fourth-order valence-corrected chi connectivity index (χ4v) is 1.46. The molecule has 1 rings (SSSR count). The van der Waals surface area contributed by atoms with Crippen LogP contribution in [0.15, 0.2) is 24.3 Å². The van der Waals surface area contributed by atoms with E-state index in [9.17, 15) is 9.18 Å². The van der Waals surface area contributed by atoms with Gasteiger partial charge in [0.25, 0.3) is 0 Å². The van der Waals surface area contributed by atoms with Crippen molar-refractivity contribution in [1.82, 2.24) is 5.32 Å². The topological polar surface area (TPSA) is 50.4 Å². The van der Waals surface area contributed by atoms with Crippen molar-refractivity contribution in [3.8, 4) is 0 Å². The van der Waals surface area contributed by atoms with Crippen LogP contribution in [0.4, 0.5) is 14.9 Å². The summed E-state index contributed by atoms with van der Waals surface area (Å²) >= 11 is 0. The smallest absolute Gasteiger partial charge is 0.407 e. The number of hydrogen-bond acceptors (Lipinski definition) is 3. The molecule has 2 N–H and O–H groups in total. The minimum Gasteiger partial charge on any atom is -0.444 e. The molecule has 0 spiro atoms. The molecule has 0 saturated heterocycles. The number of alkyl carbamates (subject to hydrolysis) is 1. The molecule has 0 radical (unpaired) electrons. The van der Waals surface area contributed by atoms with Crippen LogP contribution in [0.3, 0.4) is 0 Å². The number of carbonyl (C=O) groups is 1. The zero-order valence-corrected chi connectivity index (χ0v) is 11.8. The molecule has 5 heteroatoms. The lowest BCUT2D eigenvalue weighted by atomic mass is 10.2. The number of hydrogen-bond donors (Lipinski definition) is 2. The maximum Gasteiger partial charge on any atom is 0.407 e. The SMILES string of the molecule is CC(CNC(=O)OC(C)(C)C)Nc1cccc(F)c1. The predicted octanol–water partition coefficient (Wildman–Crippen LogP) is 3.15. The van der Waals surface area contributed by atoms with Crippen LogP contribution in [0.1, 0.15) is 27.7 Å². The minimum atomic E-state index is -0.511. The predicted molar refractivity (Wildman–Crippen MR) is 73.7 cm³/mol. The maximum absolute atomic E-state index is 13.0. The Morgan fingerprint density at radius 2 is 2.11 bits per heavy atom. The molecule has 106 valence electrons. The highest BCUT2D eigenvalue weighted by molar-refractivity contribution is 5.67. The van der Waals surface area contributed by atoms with E-state index in [0.717, 1.165) is 0 Å². The largest absolute Gasteiger partial charge is 0.444 e. The Hall–Kier alpha value is -1.78. The standard InChI is InChI=1S/C14H21FN2O2/c1-10(9-16-13(18)19-14(2,3)4)17-12-7-5-6-11(15)8-12/h5-8,10,17H,9H2,1-4H3,(H,16,18). The Balaban J connectivity index is 2.36. The fraction of sp³-hybridized carbons (Fsp3) is 0.500. The number of carbonyl (C=O) groups excluding carboxylic acids is 1. The Morgan fingerprint density at radius 3 is 2.68 bits per heavy atom. The van der Waals surface area contributed by atoms with Gasteiger partial charge in [-0.15, -0.1) is 0 Å². The number of nitrogens with one attached hydrogen (secondary N) is 2. The van der Waals surface area contributed by atoms with Crippen molar-refractivity contribution in [2.24, 2.45) is 0 Å². The highest BCUT2D eigenvalue weighted by Gasteiger charge is 2.16. The van der Waals surface area contributed by atoms with Crippen LogP contribution in [0, 0.1) is 5.82 Å². The van der Waals surface area contributed by atoms with Crippen molar-refractivity contribution in [2.45, 2.75) is 39.3 Å². The van der Waals surface area contributed by atoms with E-state index in [1.54, 1.807) is 32.9 Å². The lowest BCUT2D eigenvalue weighted by Gasteiger charge is -2.21. The Bertz CT molecular complexity index is 430. The lowest BCUT2D eigenvalue weighted by Crippen LogP contribution is -2.38. The van der Waals surface area contributed by atoms with Crippen molar-refractivity contribution in [3.05, 3.63) is 30.1 Å². The van der Waals surface area contributed by atoms with E-state index in [-0.39, 0.29) is 11.9 Å². The second kappa shape index (κ2) is 6.41. The quantitative estimate of drug-likeness (QED) is 0.882. The first-order valence-electron chi connectivity index (χ1n) is 6.25. The van der Waals surface area contributed by atoms with Gasteiger partial charge < -0.3 is 15.4 Å². The van der Waals surface area contributed by atoms with E-state index in [1.807, 2.05) is 6.92 Å². The van der Waals surface area contributed by atoms with Gasteiger partial charge in [0.2, 0.25) is 0 Å². The van der Waals surface area contributed by atoms with Gasteiger partial charge in [0.05, 0.1) is 0 Å². The van der Waals surface area contributed by atoms with Crippen molar-refractivity contribution < 1.29 is 13.9 Å². The molecule has 0 aliphatic heterocycles. The van der Waals surface area contributed by atoms with E-state index in [0.29, 0.717) is 12.2 Å². The van der Waals surface area contributed by atoms with Gasteiger partial charge in [-0.25, -0.2) is 9.18 Å². The summed E-state index contributed by atoms with van der Waals surface area (Å²) in [6.07, 6.45) is -0.458. The van der Waals surface area contributed by atoms with Crippen molar-refractivity contribution in [1.29, 1.82) is 0 Å². The van der Waals surface area contributed by atoms with Gasteiger partial charge in [0.15, 0.2) is 0 Å². The van der Waals surface area contributed by atoms with Crippen LogP contribution >= 0.6 is 0 Å². The van der Waals surface area contributed by atoms with E-state index in [1.165, 1.54) is 12.1 Å². The van der Waals surface area contributed by atoms with Crippen LogP contribution < -0.4 is 10.6 Å². The first-order valence-corrected chi connectivity index (χ1v) is 6.25. The molecule has 0 heterocycles. The zero-order chi connectivity index (χ0) is 14.5. The number of ether oxygens (including phenoxy) is 1. The molecule has 1 aromatic rings. The van der Waals surface area contributed by atoms with Gasteiger partial charge >= 0.3 is 6.09 Å². The van der Waals surface area contributed by atoms with Crippen molar-refractivity contribution in [2.75, 3.05) is 11.9 Å². The molecular weight excluding hydrogens is 247 g/mol. The van der Waals surface area contributed by atoms with E-state index in [2.05, 4.69) is 10.6 Å². The minimum absolute atomic E-state index is 0.0330. The number of rotatable bonds is 4. The third kappa shape index (κ3) is 6.64. The van der Waals surface area contributed by atoms with Gasteiger partial charge in [0.1, 0.15) is 11.4 Å². The molecule has 0 fully saturated rings. The zero-order valence-electron chi connectivity index (χ0n) is 11.8. The van der Waals surface area contributed by atoms with Crippen LogP contribution in [0.25, 0.3) is 0 Å². The summed E-state index contributed by atoms with van der Waals surface area (Å²) in [6, 6.07) is 6.16. The van der Waals surface area contributed by atoms with Gasteiger partial charge in [-0.2, -0.15) is 0 Å². The average Bonchev–Trinajstić information content (AvgIpc) is 2.24. The summed E-state index contributed by atoms with van der Waals surface area (Å²) in [5.74, 6) is -0.294. The number of anilines is 1. The molecule has 0 aliphatic rings. The van der Waals surface area contributed by atoms with Crippen molar-refractivity contribution >= 4 is 11.8 Å². The highest BCUT2D eigenvalue weighted by Crippen LogP contribution is 2.10. The Kier molecular flexibility index (Phi) is 5.15. The fourth-order valence-electron chi connectivity index (χ4n) is 1.46. The second-order valence-electron chi connectivity index (χ2n) is 5.44. The lowest BCUT2D eigenvalue weighted by molar-refractivity contribution is 0.0526. The van der Waals surface area contributed by atoms with E-state index < -0.39 is 11.7 Å². The second-order valence-corrected chi connectivity index (χ2v) is 5.44. The van der Waals surface area contributed by atoms with Crippen LogP contribution in [0.2, 0.25) is 0 Å². The third-order valence-corrected chi connectivity index (χ3v) is 2.19. The first kappa shape index (κ1) is 15.3. The summed E-state index contributed by atoms with van der Waals surface area (Å²) in [5.41, 5.74) is 0.169. The maximum atomic E-state index is 13.0. The van der Waals surface area contributed by atoms with Gasteiger partial charge in [-0.3, -0.25) is 0 Å². The molecule has 1 atom stereocenters. The van der Waals surface area contributed by atoms with Crippen LogP contribution in [-0.2, 0) is 4.74 Å². The molecule has 0 aliphatic carbocycles.